The Morgan fingerprint density at radius 2 is 2.20 bits per heavy atom. The Morgan fingerprint density at radius 3 is 3.04 bits per heavy atom. The zero-order valence-corrected chi connectivity index (χ0v) is 13.8. The number of imidazole rings is 1. The van der Waals surface area contributed by atoms with Gasteiger partial charge in [-0.1, -0.05) is 6.07 Å². The molecule has 1 atom stereocenters. The van der Waals surface area contributed by atoms with E-state index >= 15 is 0 Å². The monoisotopic (exact) mass is 331 g/mol. The van der Waals surface area contributed by atoms with Crippen LogP contribution in [0.25, 0.3) is 5.52 Å². The second-order valence-electron chi connectivity index (χ2n) is 6.27. The van der Waals surface area contributed by atoms with Crippen molar-refractivity contribution >= 4 is 11.3 Å². The number of aryl methyl sites for hydroxylation is 1. The maximum atomic E-state index is 4.82. The first-order chi connectivity index (χ1) is 12.3. The Kier molecular flexibility index (Phi) is 3.06. The number of H-pyrrole nitrogens is 1. The van der Waals surface area contributed by atoms with E-state index in [4.69, 9.17) is 5.10 Å². The largest absolute Gasteiger partial charge is 0.348 e. The van der Waals surface area contributed by atoms with E-state index in [1.54, 1.807) is 24.9 Å². The normalized spacial score (nSPS) is 17.0. The molecule has 0 spiro atoms. The third kappa shape index (κ3) is 2.20. The lowest BCUT2D eigenvalue weighted by molar-refractivity contribution is 0.609. The predicted octanol–water partition coefficient (Wildman–Crippen LogP) is 2.31. The minimum atomic E-state index is -0.0778. The van der Waals surface area contributed by atoms with Crippen LogP contribution >= 0.6 is 0 Å². The first-order valence-corrected chi connectivity index (χ1v) is 8.31. The fourth-order valence-corrected chi connectivity index (χ4v) is 3.57. The van der Waals surface area contributed by atoms with Crippen molar-refractivity contribution in [1.29, 1.82) is 0 Å². The van der Waals surface area contributed by atoms with E-state index in [2.05, 4.69) is 43.9 Å². The molecule has 0 saturated heterocycles. The molecule has 0 amide bonds. The van der Waals surface area contributed by atoms with Crippen molar-refractivity contribution in [3.8, 4) is 0 Å². The van der Waals surface area contributed by atoms with E-state index in [1.807, 2.05) is 16.8 Å². The van der Waals surface area contributed by atoms with Crippen LogP contribution in [-0.2, 0) is 6.42 Å². The Labute approximate surface area is 144 Å². The molecule has 7 heteroatoms. The summed E-state index contributed by atoms with van der Waals surface area (Å²) in [7, 11) is 0. The van der Waals surface area contributed by atoms with Crippen LogP contribution in [0.4, 0.5) is 5.82 Å². The van der Waals surface area contributed by atoms with Crippen LogP contribution in [0.1, 0.15) is 28.7 Å². The molecule has 25 heavy (non-hydrogen) atoms. The Morgan fingerprint density at radius 1 is 1.24 bits per heavy atom. The van der Waals surface area contributed by atoms with Gasteiger partial charge in [-0.25, -0.2) is 14.5 Å². The van der Waals surface area contributed by atoms with E-state index in [9.17, 15) is 0 Å². The molecule has 0 fully saturated rings. The van der Waals surface area contributed by atoms with Crippen LogP contribution in [0.3, 0.4) is 0 Å². The van der Waals surface area contributed by atoms with Crippen molar-refractivity contribution in [1.82, 2.24) is 29.5 Å². The van der Waals surface area contributed by atoms with Crippen LogP contribution < -0.4 is 4.90 Å². The number of hydrogen-bond donors (Lipinski definition) is 1. The maximum absolute atomic E-state index is 4.82. The van der Waals surface area contributed by atoms with Gasteiger partial charge in [-0.3, -0.25) is 4.98 Å². The summed E-state index contributed by atoms with van der Waals surface area (Å²) >= 11 is 0. The first kappa shape index (κ1) is 14.2. The Bertz CT molecular complexity index is 1030. The minimum absolute atomic E-state index is 0.0778. The number of anilines is 1. The Hall–Kier alpha value is -3.22. The molecule has 5 heterocycles. The third-order valence-electron chi connectivity index (χ3n) is 4.78. The van der Waals surface area contributed by atoms with E-state index < -0.39 is 0 Å². The van der Waals surface area contributed by atoms with Gasteiger partial charge in [0.15, 0.2) is 0 Å². The summed E-state index contributed by atoms with van der Waals surface area (Å²) < 4.78 is 1.93. The summed E-state index contributed by atoms with van der Waals surface area (Å²) in [5, 5.41) is 4.82. The average Bonchev–Trinajstić information content (AvgIpc) is 3.29. The van der Waals surface area contributed by atoms with E-state index in [1.165, 1.54) is 11.3 Å². The van der Waals surface area contributed by atoms with Crippen LogP contribution in [-0.4, -0.2) is 36.1 Å². The molecule has 7 nitrogen and oxygen atoms in total. The van der Waals surface area contributed by atoms with E-state index in [-0.39, 0.29) is 6.04 Å². The summed E-state index contributed by atoms with van der Waals surface area (Å²) in [5.41, 5.74) is 5.45. The van der Waals surface area contributed by atoms with Crippen LogP contribution in [0, 0.1) is 6.92 Å². The lowest BCUT2D eigenvalue weighted by Gasteiger charge is -2.34. The number of nitrogens with zero attached hydrogens (tertiary/aromatic N) is 6. The first-order valence-electron chi connectivity index (χ1n) is 8.31. The molecule has 124 valence electrons. The molecule has 0 saturated carbocycles. The number of hydrogen-bond acceptors (Lipinski definition) is 5. The fraction of sp³-hybridized carbons (Fsp3) is 0.222. The lowest BCUT2D eigenvalue weighted by atomic mass is 9.99. The van der Waals surface area contributed by atoms with Gasteiger partial charge in [0.05, 0.1) is 29.4 Å². The van der Waals surface area contributed by atoms with Gasteiger partial charge in [-0.15, -0.1) is 0 Å². The number of rotatable bonds is 2. The predicted molar refractivity (Wildman–Crippen MR) is 93.4 cm³/mol. The molecule has 4 aromatic rings. The molecule has 0 aliphatic carbocycles. The molecular formula is C18H17N7. The minimum Gasteiger partial charge on any atom is -0.348 e. The van der Waals surface area contributed by atoms with Gasteiger partial charge >= 0.3 is 0 Å². The zero-order chi connectivity index (χ0) is 16.8. The molecule has 0 unspecified atom stereocenters. The molecule has 1 aliphatic heterocycles. The standard InChI is InChI=1S/C18H17N7/c1-12-3-2-7-25-15(12)9-14(23-25)18-17-13(21-11-22-17)4-8-24(18)16-10-19-5-6-20-16/h2-3,5-7,9-11,18H,4,8H2,1H3,(H,21,22)/t18-/m1/s1. The van der Waals surface area contributed by atoms with Crippen molar-refractivity contribution in [2.45, 2.75) is 19.4 Å². The molecule has 0 aromatic carbocycles. The highest BCUT2D eigenvalue weighted by molar-refractivity contribution is 5.57. The third-order valence-corrected chi connectivity index (χ3v) is 4.78. The van der Waals surface area contributed by atoms with Gasteiger partial charge in [0, 0.05) is 37.3 Å². The molecule has 5 rings (SSSR count). The summed E-state index contributed by atoms with van der Waals surface area (Å²) in [5.74, 6) is 0.843. The van der Waals surface area contributed by atoms with Crippen LogP contribution in [0.15, 0.2) is 49.3 Å². The van der Waals surface area contributed by atoms with Gasteiger partial charge in [0.25, 0.3) is 0 Å². The molecule has 1 aliphatic rings. The van der Waals surface area contributed by atoms with Crippen molar-refractivity contribution < 1.29 is 0 Å². The van der Waals surface area contributed by atoms with Gasteiger partial charge in [-0.05, 0) is 24.6 Å². The number of pyridine rings is 1. The zero-order valence-electron chi connectivity index (χ0n) is 13.8. The quantitative estimate of drug-likeness (QED) is 0.610. The number of aromatic nitrogens is 6. The highest BCUT2D eigenvalue weighted by Crippen LogP contribution is 2.35. The lowest BCUT2D eigenvalue weighted by Crippen LogP contribution is -2.37. The van der Waals surface area contributed by atoms with Crippen LogP contribution in [0.2, 0.25) is 0 Å². The summed E-state index contributed by atoms with van der Waals surface area (Å²) in [4.78, 5) is 18.8. The highest BCUT2D eigenvalue weighted by atomic mass is 15.3. The second-order valence-corrected chi connectivity index (χ2v) is 6.27. The topological polar surface area (TPSA) is 75.0 Å². The molecular weight excluding hydrogens is 314 g/mol. The van der Waals surface area contributed by atoms with Crippen LogP contribution in [0.5, 0.6) is 0 Å². The maximum Gasteiger partial charge on any atom is 0.147 e. The fourth-order valence-electron chi connectivity index (χ4n) is 3.57. The van der Waals surface area contributed by atoms with E-state index in [0.717, 1.165) is 35.7 Å². The average molecular weight is 331 g/mol. The van der Waals surface area contributed by atoms with Gasteiger partial charge in [-0.2, -0.15) is 5.10 Å². The summed E-state index contributed by atoms with van der Waals surface area (Å²) in [6.07, 6.45) is 9.85. The van der Waals surface area contributed by atoms with Crippen molar-refractivity contribution in [3.63, 3.8) is 0 Å². The number of fused-ring (bicyclic) bond motifs is 2. The molecule has 1 N–H and O–H groups in total. The SMILES string of the molecule is Cc1cccn2nc([C@@H]3c4nc[nH]c4CCN3c3cnccn3)cc12. The number of nitrogens with one attached hydrogen (secondary N) is 1. The van der Waals surface area contributed by atoms with Crippen molar-refractivity contribution in [2.75, 3.05) is 11.4 Å². The van der Waals surface area contributed by atoms with Gasteiger partial charge in [0.2, 0.25) is 0 Å². The summed E-state index contributed by atoms with van der Waals surface area (Å²) in [6.45, 7) is 2.94. The molecule has 4 aromatic heterocycles. The summed E-state index contributed by atoms with van der Waals surface area (Å²) in [6, 6.07) is 6.18. The number of aromatic amines is 1. The molecule has 0 radical (unpaired) electrons. The highest BCUT2D eigenvalue weighted by Gasteiger charge is 2.33. The van der Waals surface area contributed by atoms with Crippen molar-refractivity contribution in [3.05, 3.63) is 72.0 Å². The van der Waals surface area contributed by atoms with Gasteiger partial charge in [0.1, 0.15) is 11.9 Å². The van der Waals surface area contributed by atoms with Gasteiger partial charge < -0.3 is 9.88 Å². The van der Waals surface area contributed by atoms with E-state index in [0.29, 0.717) is 0 Å². The second kappa shape index (κ2) is 5.41. The Balaban J connectivity index is 1.70. The smallest absolute Gasteiger partial charge is 0.147 e. The van der Waals surface area contributed by atoms with Crippen molar-refractivity contribution in [2.24, 2.45) is 0 Å². The molecule has 0 bridgehead atoms.